The molecule has 6 nitrogen and oxygen atoms in total. The van der Waals surface area contributed by atoms with Crippen LogP contribution in [-0.4, -0.2) is 35.8 Å². The number of nitrogens with zero attached hydrogens (tertiary/aromatic N) is 2. The monoisotopic (exact) mass is 343 g/mol. The van der Waals surface area contributed by atoms with Crippen LogP contribution in [0.15, 0.2) is 35.3 Å². The average molecular weight is 343 g/mol. The lowest BCUT2D eigenvalue weighted by molar-refractivity contribution is 0.184. The Kier molecular flexibility index (Phi) is 6.50. The zero-order valence-electron chi connectivity index (χ0n) is 15.3. The number of amidine groups is 1. The van der Waals surface area contributed by atoms with Gasteiger partial charge in [0, 0.05) is 12.8 Å². The number of rotatable bonds is 6. The second-order valence-corrected chi connectivity index (χ2v) is 6.07. The third-order valence-corrected chi connectivity index (χ3v) is 3.65. The summed E-state index contributed by atoms with van der Waals surface area (Å²) in [5.74, 6) is 1.39. The maximum absolute atomic E-state index is 9.54. The van der Waals surface area contributed by atoms with Gasteiger partial charge in [0.2, 0.25) is 5.88 Å². The zero-order chi connectivity index (χ0) is 18.4. The van der Waals surface area contributed by atoms with E-state index in [0.29, 0.717) is 23.8 Å². The molecule has 0 aliphatic rings. The van der Waals surface area contributed by atoms with Crippen LogP contribution in [0.3, 0.4) is 0 Å². The molecule has 1 atom stereocenters. The fraction of sp³-hybridized carbons (Fsp3) is 0.368. The van der Waals surface area contributed by atoms with Crippen molar-refractivity contribution in [3.8, 4) is 11.6 Å². The Morgan fingerprint density at radius 3 is 2.64 bits per heavy atom. The number of hydrogen-bond donors (Lipinski definition) is 2. The van der Waals surface area contributed by atoms with Crippen LogP contribution in [0.4, 0.5) is 0 Å². The second kappa shape index (κ2) is 8.60. The summed E-state index contributed by atoms with van der Waals surface area (Å²) in [6, 6.07) is 9.48. The molecule has 0 bridgehead atoms. The normalized spacial score (nSPS) is 12.8. The predicted molar refractivity (Wildman–Crippen MR) is 97.8 cm³/mol. The van der Waals surface area contributed by atoms with Gasteiger partial charge in [0.15, 0.2) is 5.84 Å². The Labute approximate surface area is 148 Å². The van der Waals surface area contributed by atoms with Gasteiger partial charge in [0.25, 0.3) is 0 Å². The van der Waals surface area contributed by atoms with Gasteiger partial charge < -0.3 is 9.47 Å². The van der Waals surface area contributed by atoms with Crippen molar-refractivity contribution in [3.05, 3.63) is 52.7 Å². The number of hydrogen-bond acceptors (Lipinski definition) is 5. The number of pyridine rings is 1. The van der Waals surface area contributed by atoms with Gasteiger partial charge in [-0.1, -0.05) is 17.7 Å². The van der Waals surface area contributed by atoms with Crippen LogP contribution >= 0.6 is 0 Å². The molecule has 2 rings (SSSR count). The smallest absolute Gasteiger partial charge is 0.230 e. The van der Waals surface area contributed by atoms with Gasteiger partial charge in [0.1, 0.15) is 5.75 Å². The summed E-state index contributed by atoms with van der Waals surface area (Å²) < 4.78 is 11.1. The van der Waals surface area contributed by atoms with Crippen molar-refractivity contribution in [2.45, 2.75) is 33.7 Å². The highest BCUT2D eigenvalue weighted by atomic mass is 16.5. The van der Waals surface area contributed by atoms with Crippen LogP contribution in [0.2, 0.25) is 0 Å². The quantitative estimate of drug-likeness (QED) is 0.476. The highest BCUT2D eigenvalue weighted by Gasteiger charge is 2.15. The first-order valence-corrected chi connectivity index (χ1v) is 8.14. The molecule has 1 unspecified atom stereocenters. The molecule has 0 aliphatic carbocycles. The van der Waals surface area contributed by atoms with E-state index in [2.05, 4.69) is 15.5 Å². The molecule has 2 N–H and O–H groups in total. The molecular formula is C19H25N3O3. The van der Waals surface area contributed by atoms with Crippen LogP contribution in [0.25, 0.3) is 0 Å². The molecule has 6 heteroatoms. The van der Waals surface area contributed by atoms with E-state index in [1.54, 1.807) is 7.11 Å². The molecule has 1 aromatic heterocycles. The summed E-state index contributed by atoms with van der Waals surface area (Å²) >= 11 is 0. The lowest BCUT2D eigenvalue weighted by atomic mass is 10.1. The van der Waals surface area contributed by atoms with Crippen molar-refractivity contribution in [1.29, 1.82) is 0 Å². The first kappa shape index (κ1) is 18.9. The highest BCUT2D eigenvalue weighted by molar-refractivity contribution is 6.00. The van der Waals surface area contributed by atoms with Crippen molar-refractivity contribution in [2.24, 2.45) is 4.99 Å². The number of aromatic nitrogens is 1. The van der Waals surface area contributed by atoms with E-state index in [4.69, 9.17) is 9.47 Å². The fourth-order valence-corrected chi connectivity index (χ4v) is 2.47. The summed E-state index contributed by atoms with van der Waals surface area (Å²) in [6.45, 7) is 8.24. The maximum atomic E-state index is 9.54. The Hall–Kier alpha value is -2.44. The third kappa shape index (κ3) is 5.01. The molecule has 0 saturated carbocycles. The Morgan fingerprint density at radius 1 is 1.24 bits per heavy atom. The molecule has 0 amide bonds. The molecule has 25 heavy (non-hydrogen) atoms. The van der Waals surface area contributed by atoms with Crippen LogP contribution in [-0.2, 0) is 4.74 Å². The minimum Gasteiger partial charge on any atom is -0.438 e. The maximum Gasteiger partial charge on any atom is 0.230 e. The average Bonchev–Trinajstić information content (AvgIpc) is 2.56. The van der Waals surface area contributed by atoms with E-state index in [9.17, 15) is 5.21 Å². The molecule has 1 aromatic carbocycles. The Bertz CT molecular complexity index is 760. The van der Waals surface area contributed by atoms with Gasteiger partial charge in [0.05, 0.1) is 18.2 Å². The minimum absolute atomic E-state index is 0.130. The number of aryl methyl sites for hydroxylation is 3. The second-order valence-electron chi connectivity index (χ2n) is 6.07. The van der Waals surface area contributed by atoms with Crippen LogP contribution in [0, 0.1) is 20.8 Å². The van der Waals surface area contributed by atoms with Gasteiger partial charge in [-0.05, 0) is 51.5 Å². The van der Waals surface area contributed by atoms with Crippen molar-refractivity contribution >= 4 is 5.84 Å². The SMILES string of the molecule is COCC(C)N=C(NO)c1ccc(C)nc1Oc1ccc(C)cc1C. The van der Waals surface area contributed by atoms with Crippen LogP contribution in [0.1, 0.15) is 29.3 Å². The van der Waals surface area contributed by atoms with Crippen molar-refractivity contribution < 1.29 is 14.7 Å². The van der Waals surface area contributed by atoms with E-state index >= 15 is 0 Å². The lowest BCUT2D eigenvalue weighted by Crippen LogP contribution is -2.24. The molecule has 0 saturated heterocycles. The molecule has 2 aromatic rings. The summed E-state index contributed by atoms with van der Waals surface area (Å²) in [7, 11) is 1.61. The minimum atomic E-state index is -0.130. The first-order valence-electron chi connectivity index (χ1n) is 8.14. The van der Waals surface area contributed by atoms with Crippen molar-refractivity contribution in [3.63, 3.8) is 0 Å². The Balaban J connectivity index is 2.42. The summed E-state index contributed by atoms with van der Waals surface area (Å²) in [5.41, 5.74) is 5.72. The van der Waals surface area contributed by atoms with Gasteiger partial charge >= 0.3 is 0 Å². The van der Waals surface area contributed by atoms with Gasteiger partial charge in [-0.25, -0.2) is 4.98 Å². The number of nitrogens with one attached hydrogen (secondary N) is 1. The largest absolute Gasteiger partial charge is 0.438 e. The van der Waals surface area contributed by atoms with Gasteiger partial charge in [-0.15, -0.1) is 0 Å². The number of aliphatic imine (C=N–C) groups is 1. The summed E-state index contributed by atoms with van der Waals surface area (Å²) in [4.78, 5) is 8.90. The van der Waals surface area contributed by atoms with E-state index in [1.807, 2.05) is 58.0 Å². The topological polar surface area (TPSA) is 76.0 Å². The summed E-state index contributed by atoms with van der Waals surface area (Å²) in [5, 5.41) is 9.54. The molecule has 1 heterocycles. The number of benzene rings is 1. The van der Waals surface area contributed by atoms with E-state index < -0.39 is 0 Å². The van der Waals surface area contributed by atoms with Crippen LogP contribution in [0.5, 0.6) is 11.6 Å². The molecule has 134 valence electrons. The third-order valence-electron chi connectivity index (χ3n) is 3.65. The predicted octanol–water partition coefficient (Wildman–Crippen LogP) is 3.56. The lowest BCUT2D eigenvalue weighted by Gasteiger charge is -2.15. The molecule has 0 radical (unpaired) electrons. The fourth-order valence-electron chi connectivity index (χ4n) is 2.47. The first-order chi connectivity index (χ1) is 11.9. The number of ether oxygens (including phenoxy) is 2. The van der Waals surface area contributed by atoms with Crippen molar-refractivity contribution in [1.82, 2.24) is 10.5 Å². The van der Waals surface area contributed by atoms with Crippen LogP contribution < -0.4 is 10.2 Å². The molecule has 0 spiro atoms. The summed E-state index contributed by atoms with van der Waals surface area (Å²) in [6.07, 6.45) is 0. The Morgan fingerprint density at radius 2 is 2.00 bits per heavy atom. The molecular weight excluding hydrogens is 318 g/mol. The van der Waals surface area contributed by atoms with E-state index in [1.165, 1.54) is 0 Å². The highest BCUT2D eigenvalue weighted by Crippen LogP contribution is 2.27. The molecule has 0 fully saturated rings. The zero-order valence-corrected chi connectivity index (χ0v) is 15.3. The standard InChI is InChI=1S/C19H25N3O3/c1-12-6-9-17(13(2)10-12)25-19-16(8-7-14(3)21-19)18(22-23)20-15(4)11-24-5/h6-10,15,23H,11H2,1-5H3,(H,20,22). The van der Waals surface area contributed by atoms with E-state index in [0.717, 1.165) is 16.8 Å². The van der Waals surface area contributed by atoms with Gasteiger partial charge in [-0.3, -0.25) is 15.7 Å². The van der Waals surface area contributed by atoms with Gasteiger partial charge in [-0.2, -0.15) is 0 Å². The number of hydroxylamine groups is 1. The van der Waals surface area contributed by atoms with E-state index in [-0.39, 0.29) is 11.9 Å². The number of methoxy groups -OCH3 is 1. The molecule has 0 aliphatic heterocycles. The van der Waals surface area contributed by atoms with Crippen molar-refractivity contribution in [2.75, 3.05) is 13.7 Å².